The van der Waals surface area contributed by atoms with E-state index in [1.54, 1.807) is 18.3 Å². The van der Waals surface area contributed by atoms with Crippen LogP contribution in [0.1, 0.15) is 16.8 Å². The predicted molar refractivity (Wildman–Crippen MR) is 102 cm³/mol. The van der Waals surface area contributed by atoms with Gasteiger partial charge in [0, 0.05) is 6.20 Å². The summed E-state index contributed by atoms with van der Waals surface area (Å²) in [5, 5.41) is 0. The molecule has 3 aromatic rings. The average molecular weight is 357 g/mol. The highest BCUT2D eigenvalue weighted by Gasteiger charge is 2.45. The van der Waals surface area contributed by atoms with Crippen LogP contribution >= 0.6 is 0 Å². The molecular weight excluding hydrogens is 338 g/mol. The Kier molecular flexibility index (Phi) is 5.98. The Bertz CT molecular complexity index is 863. The van der Waals surface area contributed by atoms with Crippen LogP contribution in [0.2, 0.25) is 0 Å². The van der Waals surface area contributed by atoms with Crippen LogP contribution in [-0.4, -0.2) is 17.6 Å². The van der Waals surface area contributed by atoms with Gasteiger partial charge >= 0.3 is 5.97 Å². The SMILES string of the molecule is C#CCOC(C(=O)OCc1ccccn1)(c1ccccc1)c1ccccc1. The van der Waals surface area contributed by atoms with Gasteiger partial charge in [0.2, 0.25) is 5.60 Å². The Morgan fingerprint density at radius 3 is 2.04 bits per heavy atom. The number of carbonyl (C=O) groups excluding carboxylic acids is 1. The molecule has 1 heterocycles. The Morgan fingerprint density at radius 2 is 1.52 bits per heavy atom. The van der Waals surface area contributed by atoms with Gasteiger partial charge < -0.3 is 9.47 Å². The second-order valence-corrected chi connectivity index (χ2v) is 5.80. The van der Waals surface area contributed by atoms with Gasteiger partial charge in [-0.05, 0) is 23.3 Å². The topological polar surface area (TPSA) is 48.4 Å². The standard InChI is InChI=1S/C23H19NO3/c1-2-17-27-23(19-11-5-3-6-12-19,20-13-7-4-8-14-20)22(25)26-18-21-15-9-10-16-24-21/h1,3-16H,17-18H2. The van der Waals surface area contributed by atoms with E-state index in [4.69, 9.17) is 15.9 Å². The van der Waals surface area contributed by atoms with Crippen molar-refractivity contribution >= 4 is 5.97 Å². The highest BCUT2D eigenvalue weighted by atomic mass is 16.6. The van der Waals surface area contributed by atoms with Gasteiger partial charge in [-0.25, -0.2) is 4.79 Å². The van der Waals surface area contributed by atoms with Crippen molar-refractivity contribution in [3.8, 4) is 12.3 Å². The van der Waals surface area contributed by atoms with E-state index in [0.29, 0.717) is 16.8 Å². The summed E-state index contributed by atoms with van der Waals surface area (Å²) in [4.78, 5) is 17.5. The molecule has 27 heavy (non-hydrogen) atoms. The lowest BCUT2D eigenvalue weighted by atomic mass is 9.86. The third kappa shape index (κ3) is 4.05. The second-order valence-electron chi connectivity index (χ2n) is 5.80. The molecular formula is C23H19NO3. The number of hydrogen-bond acceptors (Lipinski definition) is 4. The summed E-state index contributed by atoms with van der Waals surface area (Å²) in [6.07, 6.45) is 7.07. The first-order valence-corrected chi connectivity index (χ1v) is 8.53. The van der Waals surface area contributed by atoms with Gasteiger partial charge in [-0.3, -0.25) is 4.98 Å². The molecule has 0 N–H and O–H groups in total. The fraction of sp³-hybridized carbons (Fsp3) is 0.130. The van der Waals surface area contributed by atoms with E-state index < -0.39 is 11.6 Å². The summed E-state index contributed by atoms with van der Waals surface area (Å²) in [5.74, 6) is 1.91. The number of aromatic nitrogens is 1. The van der Waals surface area contributed by atoms with Crippen molar-refractivity contribution in [1.82, 2.24) is 4.98 Å². The molecule has 3 rings (SSSR count). The lowest BCUT2D eigenvalue weighted by molar-refractivity contribution is -0.168. The molecule has 0 spiro atoms. The number of hydrogen-bond donors (Lipinski definition) is 0. The van der Waals surface area contributed by atoms with Crippen molar-refractivity contribution < 1.29 is 14.3 Å². The number of rotatable bonds is 7. The number of terminal acetylenes is 1. The van der Waals surface area contributed by atoms with E-state index in [0.717, 1.165) is 0 Å². The van der Waals surface area contributed by atoms with E-state index in [9.17, 15) is 4.79 Å². The number of esters is 1. The third-order valence-electron chi connectivity index (χ3n) is 4.10. The molecule has 0 saturated heterocycles. The van der Waals surface area contributed by atoms with Crippen LogP contribution in [0, 0.1) is 12.3 Å². The molecule has 0 fully saturated rings. The van der Waals surface area contributed by atoms with Crippen molar-refractivity contribution in [2.75, 3.05) is 6.61 Å². The fourth-order valence-corrected chi connectivity index (χ4v) is 2.85. The lowest BCUT2D eigenvalue weighted by Gasteiger charge is -2.32. The number of nitrogens with zero attached hydrogens (tertiary/aromatic N) is 1. The molecule has 1 aromatic heterocycles. The second kappa shape index (κ2) is 8.79. The van der Waals surface area contributed by atoms with Gasteiger partial charge in [-0.15, -0.1) is 6.42 Å². The van der Waals surface area contributed by atoms with E-state index in [-0.39, 0.29) is 13.2 Å². The summed E-state index contributed by atoms with van der Waals surface area (Å²) >= 11 is 0. The quantitative estimate of drug-likeness (QED) is 0.478. The van der Waals surface area contributed by atoms with Crippen molar-refractivity contribution in [1.29, 1.82) is 0 Å². The van der Waals surface area contributed by atoms with Crippen LogP contribution in [0.4, 0.5) is 0 Å². The Labute approximate surface area is 158 Å². The zero-order valence-electron chi connectivity index (χ0n) is 14.7. The Hall–Kier alpha value is -3.42. The maximum Gasteiger partial charge on any atom is 0.348 e. The smallest absolute Gasteiger partial charge is 0.348 e. The van der Waals surface area contributed by atoms with Gasteiger partial charge in [-0.2, -0.15) is 0 Å². The molecule has 4 nitrogen and oxygen atoms in total. The third-order valence-corrected chi connectivity index (χ3v) is 4.10. The summed E-state index contributed by atoms with van der Waals surface area (Å²) in [5.41, 5.74) is 0.497. The number of ether oxygens (including phenoxy) is 2. The fourth-order valence-electron chi connectivity index (χ4n) is 2.85. The van der Waals surface area contributed by atoms with Gasteiger partial charge in [0.25, 0.3) is 0 Å². The maximum absolute atomic E-state index is 13.3. The number of benzene rings is 2. The van der Waals surface area contributed by atoms with Crippen LogP contribution in [-0.2, 0) is 26.5 Å². The van der Waals surface area contributed by atoms with E-state index in [2.05, 4.69) is 10.9 Å². The van der Waals surface area contributed by atoms with Crippen molar-refractivity contribution in [3.05, 3.63) is 102 Å². The monoisotopic (exact) mass is 357 g/mol. The molecule has 0 aliphatic carbocycles. The van der Waals surface area contributed by atoms with Crippen molar-refractivity contribution in [3.63, 3.8) is 0 Å². The zero-order valence-corrected chi connectivity index (χ0v) is 14.7. The minimum absolute atomic E-state index is 0.0392. The van der Waals surface area contributed by atoms with Crippen LogP contribution in [0.25, 0.3) is 0 Å². The van der Waals surface area contributed by atoms with Gasteiger partial charge in [0.1, 0.15) is 13.2 Å². The summed E-state index contributed by atoms with van der Waals surface area (Å²) in [6, 6.07) is 23.9. The van der Waals surface area contributed by atoms with Crippen LogP contribution in [0.3, 0.4) is 0 Å². The summed E-state index contributed by atoms with van der Waals surface area (Å²) in [6.45, 7) is 0.00296. The van der Waals surface area contributed by atoms with Crippen molar-refractivity contribution in [2.45, 2.75) is 12.2 Å². The maximum atomic E-state index is 13.3. The molecule has 0 radical (unpaired) electrons. The molecule has 0 amide bonds. The molecule has 0 aliphatic rings. The van der Waals surface area contributed by atoms with Crippen LogP contribution in [0.15, 0.2) is 85.1 Å². The van der Waals surface area contributed by atoms with E-state index in [1.807, 2.05) is 66.7 Å². The molecule has 0 aliphatic heterocycles. The largest absolute Gasteiger partial charge is 0.457 e. The molecule has 0 unspecified atom stereocenters. The van der Waals surface area contributed by atoms with Gasteiger partial charge in [0.05, 0.1) is 5.69 Å². The summed E-state index contributed by atoms with van der Waals surface area (Å²) < 4.78 is 11.6. The highest BCUT2D eigenvalue weighted by Crippen LogP contribution is 2.35. The number of carbonyl (C=O) groups is 1. The predicted octanol–water partition coefficient (Wildman–Crippen LogP) is 3.72. The van der Waals surface area contributed by atoms with E-state index >= 15 is 0 Å². The minimum atomic E-state index is -1.45. The minimum Gasteiger partial charge on any atom is -0.457 e. The molecule has 4 heteroatoms. The van der Waals surface area contributed by atoms with E-state index in [1.165, 1.54) is 0 Å². The molecule has 0 saturated carbocycles. The first-order valence-electron chi connectivity index (χ1n) is 8.53. The first-order chi connectivity index (χ1) is 13.3. The lowest BCUT2D eigenvalue weighted by Crippen LogP contribution is -2.41. The molecule has 134 valence electrons. The number of pyridine rings is 1. The molecule has 0 bridgehead atoms. The molecule has 0 atom stereocenters. The van der Waals surface area contributed by atoms with Gasteiger partial charge in [-0.1, -0.05) is 72.7 Å². The summed E-state index contributed by atoms with van der Waals surface area (Å²) in [7, 11) is 0. The Morgan fingerprint density at radius 1 is 0.926 bits per heavy atom. The van der Waals surface area contributed by atoms with Crippen molar-refractivity contribution in [2.24, 2.45) is 0 Å². The van der Waals surface area contributed by atoms with Gasteiger partial charge in [0.15, 0.2) is 0 Å². The highest BCUT2D eigenvalue weighted by molar-refractivity contribution is 5.86. The normalized spacial score (nSPS) is 10.8. The molecule has 2 aromatic carbocycles. The zero-order chi connectivity index (χ0) is 19.0. The first kappa shape index (κ1) is 18.4. The average Bonchev–Trinajstić information content (AvgIpc) is 2.75. The Balaban J connectivity index is 2.02. The van der Waals surface area contributed by atoms with Crippen LogP contribution < -0.4 is 0 Å². The van der Waals surface area contributed by atoms with Crippen LogP contribution in [0.5, 0.6) is 0 Å².